The predicted molar refractivity (Wildman–Crippen MR) is 71.1 cm³/mol. The zero-order chi connectivity index (χ0) is 13.7. The highest BCUT2D eigenvalue weighted by Crippen LogP contribution is 2.11. The second-order valence-corrected chi connectivity index (χ2v) is 4.15. The highest BCUT2D eigenvalue weighted by molar-refractivity contribution is 5.76. The van der Waals surface area contributed by atoms with Crippen LogP contribution in [0.25, 0.3) is 0 Å². The molecule has 0 bridgehead atoms. The van der Waals surface area contributed by atoms with Gasteiger partial charge in [0.05, 0.1) is 12.6 Å². The first-order valence-corrected chi connectivity index (χ1v) is 5.93. The largest absolute Gasteiger partial charge is 0.394 e. The number of rotatable bonds is 5. The fourth-order valence-electron chi connectivity index (χ4n) is 1.77. The number of hydrogen-bond donors (Lipinski definition) is 3. The average molecular weight is 260 g/mol. The molecule has 0 aliphatic heterocycles. The highest BCUT2D eigenvalue weighted by Gasteiger charge is 2.13. The Bertz CT molecular complexity index is 539. The molecule has 6 nitrogen and oxygen atoms in total. The SMILES string of the molecule is Nc1ccn(CC(=O)N[C@@H](CO)c2ccccc2)n1. The molecular formula is C13H16N4O2. The Morgan fingerprint density at radius 2 is 2.11 bits per heavy atom. The molecule has 1 amide bonds. The van der Waals surface area contributed by atoms with Gasteiger partial charge in [-0.3, -0.25) is 9.48 Å². The van der Waals surface area contributed by atoms with E-state index in [1.54, 1.807) is 12.3 Å². The van der Waals surface area contributed by atoms with Gasteiger partial charge in [0.25, 0.3) is 0 Å². The van der Waals surface area contributed by atoms with E-state index in [4.69, 9.17) is 5.73 Å². The Hall–Kier alpha value is -2.34. The van der Waals surface area contributed by atoms with E-state index in [0.717, 1.165) is 5.56 Å². The molecular weight excluding hydrogens is 244 g/mol. The van der Waals surface area contributed by atoms with Gasteiger partial charge in [0.15, 0.2) is 0 Å². The molecule has 0 saturated carbocycles. The second-order valence-electron chi connectivity index (χ2n) is 4.15. The van der Waals surface area contributed by atoms with E-state index in [1.807, 2.05) is 30.3 Å². The van der Waals surface area contributed by atoms with Crippen molar-refractivity contribution in [3.8, 4) is 0 Å². The van der Waals surface area contributed by atoms with Crippen LogP contribution in [0.4, 0.5) is 5.82 Å². The van der Waals surface area contributed by atoms with Gasteiger partial charge in [0.2, 0.25) is 5.91 Å². The molecule has 1 heterocycles. The lowest BCUT2D eigenvalue weighted by molar-refractivity contribution is -0.122. The maximum Gasteiger partial charge on any atom is 0.242 e. The number of benzene rings is 1. The maximum absolute atomic E-state index is 11.8. The minimum atomic E-state index is -0.415. The number of anilines is 1. The van der Waals surface area contributed by atoms with Crippen LogP contribution in [0.2, 0.25) is 0 Å². The van der Waals surface area contributed by atoms with Gasteiger partial charge >= 0.3 is 0 Å². The topological polar surface area (TPSA) is 93.2 Å². The standard InChI is InChI=1S/C13H16N4O2/c14-12-6-7-17(16-12)8-13(19)15-11(9-18)10-4-2-1-3-5-10/h1-7,11,18H,8-9H2,(H2,14,16)(H,15,19)/t11-/m0/s1. The lowest BCUT2D eigenvalue weighted by Crippen LogP contribution is -2.33. The van der Waals surface area contributed by atoms with Crippen molar-refractivity contribution in [3.63, 3.8) is 0 Å². The third-order valence-electron chi connectivity index (χ3n) is 2.69. The van der Waals surface area contributed by atoms with Gasteiger partial charge in [-0.1, -0.05) is 30.3 Å². The van der Waals surface area contributed by atoms with Gasteiger partial charge in [-0.2, -0.15) is 5.10 Å². The summed E-state index contributed by atoms with van der Waals surface area (Å²) in [6.07, 6.45) is 1.63. The Balaban J connectivity index is 1.97. The number of aromatic nitrogens is 2. The number of amides is 1. The first-order valence-electron chi connectivity index (χ1n) is 5.93. The molecule has 1 atom stereocenters. The van der Waals surface area contributed by atoms with Crippen molar-refractivity contribution < 1.29 is 9.90 Å². The summed E-state index contributed by atoms with van der Waals surface area (Å²) in [6.45, 7) is -0.0858. The van der Waals surface area contributed by atoms with Crippen molar-refractivity contribution in [2.75, 3.05) is 12.3 Å². The molecule has 0 saturated heterocycles. The molecule has 100 valence electrons. The summed E-state index contributed by atoms with van der Waals surface area (Å²) >= 11 is 0. The van der Waals surface area contributed by atoms with Crippen LogP contribution in [0.15, 0.2) is 42.6 Å². The zero-order valence-electron chi connectivity index (χ0n) is 10.4. The Kier molecular flexibility index (Phi) is 4.15. The van der Waals surface area contributed by atoms with Crippen LogP contribution in [-0.2, 0) is 11.3 Å². The molecule has 0 radical (unpaired) electrons. The van der Waals surface area contributed by atoms with Crippen molar-refractivity contribution in [1.82, 2.24) is 15.1 Å². The Morgan fingerprint density at radius 1 is 1.37 bits per heavy atom. The third-order valence-corrected chi connectivity index (χ3v) is 2.69. The number of carbonyl (C=O) groups is 1. The fraction of sp³-hybridized carbons (Fsp3) is 0.231. The smallest absolute Gasteiger partial charge is 0.242 e. The van der Waals surface area contributed by atoms with E-state index in [-0.39, 0.29) is 19.1 Å². The number of aliphatic hydroxyl groups is 1. The number of nitrogens with two attached hydrogens (primary N) is 1. The van der Waals surface area contributed by atoms with Crippen molar-refractivity contribution >= 4 is 11.7 Å². The number of nitrogens with zero attached hydrogens (tertiary/aromatic N) is 2. The molecule has 0 aliphatic carbocycles. The average Bonchev–Trinajstić information content (AvgIpc) is 2.82. The lowest BCUT2D eigenvalue weighted by Gasteiger charge is -2.16. The number of carbonyl (C=O) groups excluding carboxylic acids is 1. The predicted octanol–water partition coefficient (Wildman–Crippen LogP) is 0.315. The quantitative estimate of drug-likeness (QED) is 0.721. The van der Waals surface area contributed by atoms with E-state index in [2.05, 4.69) is 10.4 Å². The van der Waals surface area contributed by atoms with Gasteiger partial charge in [0.1, 0.15) is 12.4 Å². The van der Waals surface area contributed by atoms with Gasteiger partial charge in [-0.05, 0) is 11.6 Å². The van der Waals surface area contributed by atoms with Crippen LogP contribution in [0.1, 0.15) is 11.6 Å². The fourth-order valence-corrected chi connectivity index (χ4v) is 1.77. The van der Waals surface area contributed by atoms with Gasteiger partial charge in [-0.15, -0.1) is 0 Å². The van der Waals surface area contributed by atoms with Crippen molar-refractivity contribution in [3.05, 3.63) is 48.2 Å². The minimum Gasteiger partial charge on any atom is -0.394 e. The number of nitrogens with one attached hydrogen (secondary N) is 1. The van der Waals surface area contributed by atoms with Crippen LogP contribution >= 0.6 is 0 Å². The van der Waals surface area contributed by atoms with E-state index in [1.165, 1.54) is 4.68 Å². The monoisotopic (exact) mass is 260 g/mol. The molecule has 0 unspecified atom stereocenters. The maximum atomic E-state index is 11.8. The first-order chi connectivity index (χ1) is 9.19. The molecule has 2 rings (SSSR count). The highest BCUT2D eigenvalue weighted by atomic mass is 16.3. The van der Waals surface area contributed by atoms with E-state index >= 15 is 0 Å². The summed E-state index contributed by atoms with van der Waals surface area (Å²) in [5.74, 6) is 0.139. The summed E-state index contributed by atoms with van der Waals surface area (Å²) in [7, 11) is 0. The molecule has 4 N–H and O–H groups in total. The van der Waals surface area contributed by atoms with Gasteiger partial charge < -0.3 is 16.2 Å². The Morgan fingerprint density at radius 3 is 2.68 bits per heavy atom. The Labute approximate surface area is 110 Å². The third kappa shape index (κ3) is 3.56. The molecule has 1 aromatic carbocycles. The lowest BCUT2D eigenvalue weighted by atomic mass is 10.1. The summed E-state index contributed by atoms with van der Waals surface area (Å²) in [5.41, 5.74) is 6.33. The van der Waals surface area contributed by atoms with Crippen LogP contribution in [0.5, 0.6) is 0 Å². The first kappa shape index (κ1) is 13.1. The van der Waals surface area contributed by atoms with E-state index in [9.17, 15) is 9.90 Å². The molecule has 6 heteroatoms. The molecule has 0 aliphatic rings. The van der Waals surface area contributed by atoms with Gasteiger partial charge in [0, 0.05) is 6.20 Å². The van der Waals surface area contributed by atoms with Crippen LogP contribution in [0, 0.1) is 0 Å². The molecule has 0 fully saturated rings. The summed E-state index contributed by atoms with van der Waals surface area (Å²) < 4.78 is 1.45. The van der Waals surface area contributed by atoms with Crippen LogP contribution in [0.3, 0.4) is 0 Å². The summed E-state index contributed by atoms with van der Waals surface area (Å²) in [6, 6.07) is 10.5. The number of aliphatic hydroxyl groups excluding tert-OH is 1. The van der Waals surface area contributed by atoms with Crippen LogP contribution in [-0.4, -0.2) is 27.4 Å². The van der Waals surface area contributed by atoms with Crippen molar-refractivity contribution in [1.29, 1.82) is 0 Å². The number of hydrogen-bond acceptors (Lipinski definition) is 4. The number of nitrogen functional groups attached to an aromatic ring is 1. The summed E-state index contributed by atoms with van der Waals surface area (Å²) in [5, 5.41) is 16.0. The molecule has 0 spiro atoms. The molecule has 19 heavy (non-hydrogen) atoms. The minimum absolute atomic E-state index is 0.0700. The summed E-state index contributed by atoms with van der Waals surface area (Å²) in [4.78, 5) is 11.8. The zero-order valence-corrected chi connectivity index (χ0v) is 10.4. The van der Waals surface area contributed by atoms with E-state index in [0.29, 0.717) is 5.82 Å². The van der Waals surface area contributed by atoms with E-state index < -0.39 is 6.04 Å². The van der Waals surface area contributed by atoms with Crippen LogP contribution < -0.4 is 11.1 Å². The second kappa shape index (κ2) is 6.01. The molecule has 1 aromatic heterocycles. The molecule has 2 aromatic rings. The van der Waals surface area contributed by atoms with Crippen molar-refractivity contribution in [2.45, 2.75) is 12.6 Å². The van der Waals surface area contributed by atoms with Gasteiger partial charge in [-0.25, -0.2) is 0 Å². The normalized spacial score (nSPS) is 12.1. The van der Waals surface area contributed by atoms with Crippen molar-refractivity contribution in [2.24, 2.45) is 0 Å².